The number of rotatable bonds is 5. The summed E-state index contributed by atoms with van der Waals surface area (Å²) in [7, 11) is -3.54. The van der Waals surface area contributed by atoms with E-state index in [-0.39, 0.29) is 17.1 Å². The van der Waals surface area contributed by atoms with Gasteiger partial charge in [0, 0.05) is 5.02 Å². The van der Waals surface area contributed by atoms with Gasteiger partial charge in [0.2, 0.25) is 0 Å². The van der Waals surface area contributed by atoms with Crippen molar-refractivity contribution in [3.05, 3.63) is 58.6 Å². The lowest BCUT2D eigenvalue weighted by molar-refractivity contribution is -0.134. The van der Waals surface area contributed by atoms with Gasteiger partial charge in [0.05, 0.1) is 17.1 Å². The minimum absolute atomic E-state index is 0.141. The Labute approximate surface area is 141 Å². The van der Waals surface area contributed by atoms with Crippen LogP contribution in [0.3, 0.4) is 0 Å². The maximum Gasteiger partial charge on any atom is 0.312 e. The van der Waals surface area contributed by atoms with Crippen LogP contribution in [0, 0.1) is 13.8 Å². The summed E-state index contributed by atoms with van der Waals surface area (Å²) < 4.78 is 29.7. The van der Waals surface area contributed by atoms with Gasteiger partial charge in [-0.15, -0.1) is 0 Å². The lowest BCUT2D eigenvalue weighted by Gasteiger charge is -2.10. The monoisotopic (exact) mass is 352 g/mol. The molecule has 0 radical (unpaired) electrons. The van der Waals surface area contributed by atoms with E-state index in [4.69, 9.17) is 16.3 Å². The normalized spacial score (nSPS) is 11.3. The third-order valence-corrected chi connectivity index (χ3v) is 5.36. The standard InChI is InChI=1S/C17H17ClO4S/c1-12-4-3-5-13(2)17(12)22-16(19)10-11-23(20,21)15-8-6-14(18)7-9-15/h3-9H,10-11H2,1-2H3. The van der Waals surface area contributed by atoms with Gasteiger partial charge in [0.25, 0.3) is 0 Å². The van der Waals surface area contributed by atoms with Crippen LogP contribution in [0.25, 0.3) is 0 Å². The highest BCUT2D eigenvalue weighted by Crippen LogP contribution is 2.23. The average molecular weight is 353 g/mol. The Hall–Kier alpha value is -1.85. The van der Waals surface area contributed by atoms with E-state index in [1.165, 1.54) is 24.3 Å². The smallest absolute Gasteiger partial charge is 0.312 e. The minimum atomic E-state index is -3.54. The molecule has 0 unspecified atom stereocenters. The van der Waals surface area contributed by atoms with Crippen LogP contribution >= 0.6 is 11.6 Å². The van der Waals surface area contributed by atoms with Gasteiger partial charge in [-0.05, 0) is 49.2 Å². The van der Waals surface area contributed by atoms with E-state index in [0.29, 0.717) is 10.8 Å². The average Bonchev–Trinajstić information content (AvgIpc) is 2.50. The van der Waals surface area contributed by atoms with Gasteiger partial charge in [-0.3, -0.25) is 4.79 Å². The number of aryl methyl sites for hydroxylation is 2. The zero-order valence-electron chi connectivity index (χ0n) is 12.9. The molecule has 2 rings (SSSR count). The molecular formula is C17H17ClO4S. The number of ether oxygens (including phenoxy) is 1. The highest BCUT2D eigenvalue weighted by Gasteiger charge is 2.18. The molecule has 2 aromatic carbocycles. The quantitative estimate of drug-likeness (QED) is 0.607. The van der Waals surface area contributed by atoms with E-state index in [2.05, 4.69) is 0 Å². The van der Waals surface area contributed by atoms with Gasteiger partial charge in [-0.1, -0.05) is 29.8 Å². The summed E-state index contributed by atoms with van der Waals surface area (Å²) in [6.07, 6.45) is -0.210. The molecule has 0 spiro atoms. The molecule has 0 aliphatic heterocycles. The molecule has 23 heavy (non-hydrogen) atoms. The fraction of sp³-hybridized carbons (Fsp3) is 0.235. The molecule has 0 aliphatic rings. The zero-order chi connectivity index (χ0) is 17.0. The first-order valence-corrected chi connectivity index (χ1v) is 9.08. The second kappa shape index (κ2) is 7.15. The van der Waals surface area contributed by atoms with Crippen molar-refractivity contribution in [3.8, 4) is 5.75 Å². The van der Waals surface area contributed by atoms with E-state index >= 15 is 0 Å². The van der Waals surface area contributed by atoms with Crippen LogP contribution in [0.2, 0.25) is 5.02 Å². The highest BCUT2D eigenvalue weighted by molar-refractivity contribution is 7.91. The predicted molar refractivity (Wildman–Crippen MR) is 89.7 cm³/mol. The van der Waals surface area contributed by atoms with Crippen LogP contribution in [0.1, 0.15) is 17.5 Å². The largest absolute Gasteiger partial charge is 0.426 e. The fourth-order valence-electron chi connectivity index (χ4n) is 2.10. The van der Waals surface area contributed by atoms with Gasteiger partial charge in [0.1, 0.15) is 5.75 Å². The number of sulfone groups is 1. The molecule has 122 valence electrons. The molecule has 0 bridgehead atoms. The van der Waals surface area contributed by atoms with Gasteiger partial charge < -0.3 is 4.74 Å². The number of carbonyl (C=O) groups excluding carboxylic acids is 1. The number of hydrogen-bond acceptors (Lipinski definition) is 4. The number of carbonyl (C=O) groups is 1. The first-order chi connectivity index (χ1) is 10.8. The summed E-state index contributed by atoms with van der Waals surface area (Å²) in [6, 6.07) is 11.4. The number of para-hydroxylation sites is 1. The number of benzene rings is 2. The van der Waals surface area contributed by atoms with Crippen molar-refractivity contribution in [2.45, 2.75) is 25.2 Å². The molecule has 2 aromatic rings. The molecule has 0 saturated carbocycles. The van der Waals surface area contributed by atoms with Crippen molar-refractivity contribution in [2.75, 3.05) is 5.75 Å². The lowest BCUT2D eigenvalue weighted by atomic mass is 10.1. The lowest BCUT2D eigenvalue weighted by Crippen LogP contribution is -2.16. The van der Waals surface area contributed by atoms with Crippen molar-refractivity contribution in [2.24, 2.45) is 0 Å². The maximum atomic E-state index is 12.2. The summed E-state index contributed by atoms with van der Waals surface area (Å²) in [6.45, 7) is 3.67. The second-order valence-corrected chi connectivity index (χ2v) is 7.76. The van der Waals surface area contributed by atoms with Crippen molar-refractivity contribution in [3.63, 3.8) is 0 Å². The SMILES string of the molecule is Cc1cccc(C)c1OC(=O)CCS(=O)(=O)c1ccc(Cl)cc1. The first kappa shape index (κ1) is 17.5. The van der Waals surface area contributed by atoms with Crippen LogP contribution in [-0.4, -0.2) is 20.1 Å². The van der Waals surface area contributed by atoms with Crippen LogP contribution < -0.4 is 4.74 Å². The molecule has 0 aliphatic carbocycles. The summed E-state index contributed by atoms with van der Waals surface area (Å²) in [5, 5.41) is 0.457. The Morgan fingerprint density at radius 2 is 1.61 bits per heavy atom. The molecule has 0 N–H and O–H groups in total. The first-order valence-electron chi connectivity index (χ1n) is 7.05. The van der Waals surface area contributed by atoms with Crippen molar-refractivity contribution in [1.82, 2.24) is 0 Å². The summed E-state index contributed by atoms with van der Waals surface area (Å²) in [4.78, 5) is 12.1. The Balaban J connectivity index is 2.03. The molecule has 6 heteroatoms. The maximum absolute atomic E-state index is 12.2. The van der Waals surface area contributed by atoms with Crippen LogP contribution in [0.5, 0.6) is 5.75 Å². The number of halogens is 1. The molecule has 0 heterocycles. The molecule has 0 amide bonds. The summed E-state index contributed by atoms with van der Waals surface area (Å²) in [5.74, 6) is -0.389. The molecule has 0 saturated heterocycles. The number of hydrogen-bond donors (Lipinski definition) is 0. The number of esters is 1. The van der Waals surface area contributed by atoms with Gasteiger partial charge in [-0.25, -0.2) is 8.42 Å². The van der Waals surface area contributed by atoms with E-state index in [1.807, 2.05) is 32.0 Å². The summed E-state index contributed by atoms with van der Waals surface area (Å²) >= 11 is 5.74. The topological polar surface area (TPSA) is 60.4 Å². The molecule has 0 aromatic heterocycles. The van der Waals surface area contributed by atoms with Crippen LogP contribution in [0.15, 0.2) is 47.4 Å². The van der Waals surface area contributed by atoms with Crippen molar-refractivity contribution >= 4 is 27.4 Å². The summed E-state index contributed by atoms with van der Waals surface area (Å²) in [5.41, 5.74) is 1.66. The molecule has 4 nitrogen and oxygen atoms in total. The molecule has 0 fully saturated rings. The molecule has 0 atom stereocenters. The van der Waals surface area contributed by atoms with Gasteiger partial charge in [0.15, 0.2) is 9.84 Å². The van der Waals surface area contributed by atoms with Crippen molar-refractivity contribution < 1.29 is 17.9 Å². The van der Waals surface area contributed by atoms with E-state index in [1.54, 1.807) is 0 Å². The zero-order valence-corrected chi connectivity index (χ0v) is 14.4. The second-order valence-electron chi connectivity index (χ2n) is 5.22. The Morgan fingerprint density at radius 1 is 1.04 bits per heavy atom. The van der Waals surface area contributed by atoms with E-state index in [0.717, 1.165) is 11.1 Å². The molecular weight excluding hydrogens is 336 g/mol. The third kappa shape index (κ3) is 4.56. The fourth-order valence-corrected chi connectivity index (χ4v) is 3.45. The Bertz CT molecular complexity index is 791. The highest BCUT2D eigenvalue weighted by atomic mass is 35.5. The van der Waals surface area contributed by atoms with E-state index < -0.39 is 15.8 Å². The van der Waals surface area contributed by atoms with Crippen LogP contribution in [0.4, 0.5) is 0 Å². The third-order valence-electron chi connectivity index (χ3n) is 3.37. The Morgan fingerprint density at radius 3 is 2.17 bits per heavy atom. The van der Waals surface area contributed by atoms with E-state index in [9.17, 15) is 13.2 Å². The minimum Gasteiger partial charge on any atom is -0.426 e. The Kier molecular flexibility index (Phi) is 5.44. The van der Waals surface area contributed by atoms with Crippen molar-refractivity contribution in [1.29, 1.82) is 0 Å². The van der Waals surface area contributed by atoms with Gasteiger partial charge in [-0.2, -0.15) is 0 Å². The van der Waals surface area contributed by atoms with Gasteiger partial charge >= 0.3 is 5.97 Å². The predicted octanol–water partition coefficient (Wildman–Crippen LogP) is 3.73. The van der Waals surface area contributed by atoms with Crippen LogP contribution in [-0.2, 0) is 14.6 Å².